The lowest BCUT2D eigenvalue weighted by molar-refractivity contribution is 0.0945. The van der Waals surface area contributed by atoms with Crippen molar-refractivity contribution in [3.05, 3.63) is 95.3 Å². The van der Waals surface area contributed by atoms with Crippen molar-refractivity contribution < 1.29 is 13.6 Å². The molecule has 0 fully saturated rings. The molecule has 0 saturated carbocycles. The second-order valence-corrected chi connectivity index (χ2v) is 5.68. The van der Waals surface area contributed by atoms with Gasteiger partial charge in [-0.25, -0.2) is 8.78 Å². The van der Waals surface area contributed by atoms with Crippen molar-refractivity contribution in [2.45, 2.75) is 13.1 Å². The normalized spacial score (nSPS) is 10.4. The molecule has 2 N–H and O–H groups in total. The molecule has 0 aliphatic carbocycles. The Morgan fingerprint density at radius 2 is 1.73 bits per heavy atom. The summed E-state index contributed by atoms with van der Waals surface area (Å²) in [6, 6.07) is 15.8. The van der Waals surface area contributed by atoms with E-state index in [0.29, 0.717) is 17.8 Å². The molecule has 0 atom stereocenters. The molecule has 6 heteroatoms. The van der Waals surface area contributed by atoms with Gasteiger partial charge in [0, 0.05) is 30.5 Å². The third-order valence-electron chi connectivity index (χ3n) is 3.80. The fourth-order valence-electron chi connectivity index (χ4n) is 2.38. The highest BCUT2D eigenvalue weighted by Gasteiger charge is 2.09. The fourth-order valence-corrected chi connectivity index (χ4v) is 2.38. The van der Waals surface area contributed by atoms with E-state index in [2.05, 4.69) is 15.6 Å². The largest absolute Gasteiger partial charge is 0.381 e. The van der Waals surface area contributed by atoms with Crippen molar-refractivity contribution in [2.24, 2.45) is 0 Å². The van der Waals surface area contributed by atoms with E-state index in [9.17, 15) is 13.6 Å². The van der Waals surface area contributed by atoms with Gasteiger partial charge in [-0.05, 0) is 35.9 Å². The van der Waals surface area contributed by atoms with Crippen LogP contribution >= 0.6 is 0 Å². The van der Waals surface area contributed by atoms with E-state index in [-0.39, 0.29) is 23.9 Å². The summed E-state index contributed by atoms with van der Waals surface area (Å²) >= 11 is 0. The lowest BCUT2D eigenvalue weighted by Crippen LogP contribution is -2.24. The zero-order valence-electron chi connectivity index (χ0n) is 13.9. The molecule has 0 radical (unpaired) electrons. The Balaban J connectivity index is 1.60. The molecule has 0 spiro atoms. The molecule has 2 aromatic carbocycles. The number of benzene rings is 2. The smallest absolute Gasteiger partial charge is 0.270 e. The van der Waals surface area contributed by atoms with E-state index in [1.165, 1.54) is 24.4 Å². The summed E-state index contributed by atoms with van der Waals surface area (Å²) < 4.78 is 26.5. The van der Waals surface area contributed by atoms with Crippen LogP contribution in [0.2, 0.25) is 0 Å². The van der Waals surface area contributed by atoms with Gasteiger partial charge in [0.1, 0.15) is 17.3 Å². The number of halogens is 2. The molecule has 1 amide bonds. The van der Waals surface area contributed by atoms with Gasteiger partial charge in [0.05, 0.1) is 0 Å². The Labute approximate surface area is 149 Å². The van der Waals surface area contributed by atoms with Gasteiger partial charge < -0.3 is 10.6 Å². The third-order valence-corrected chi connectivity index (χ3v) is 3.80. The van der Waals surface area contributed by atoms with Crippen molar-refractivity contribution in [2.75, 3.05) is 5.32 Å². The number of nitrogens with one attached hydrogen (secondary N) is 2. The van der Waals surface area contributed by atoms with Gasteiger partial charge in [-0.3, -0.25) is 9.78 Å². The maximum absolute atomic E-state index is 13.6. The van der Waals surface area contributed by atoms with E-state index < -0.39 is 5.91 Å². The summed E-state index contributed by atoms with van der Waals surface area (Å²) in [6.45, 7) is 0.570. The monoisotopic (exact) mass is 353 g/mol. The standard InChI is InChI=1S/C20H17F2N3O/c21-16-7-5-14(6-8-16)12-24-17-9-10-23-19(11-17)20(26)25-13-15-3-1-2-4-18(15)22/h1-11H,12-13H2,(H,23,24)(H,25,26). The number of hydrogen-bond donors (Lipinski definition) is 2. The topological polar surface area (TPSA) is 54.0 Å². The second-order valence-electron chi connectivity index (χ2n) is 5.68. The van der Waals surface area contributed by atoms with Crippen molar-refractivity contribution in [3.8, 4) is 0 Å². The number of amides is 1. The van der Waals surface area contributed by atoms with E-state index in [1.54, 1.807) is 42.5 Å². The van der Waals surface area contributed by atoms with E-state index in [0.717, 1.165) is 5.56 Å². The minimum Gasteiger partial charge on any atom is -0.381 e. The van der Waals surface area contributed by atoms with Gasteiger partial charge in [0.2, 0.25) is 0 Å². The van der Waals surface area contributed by atoms with Gasteiger partial charge in [-0.2, -0.15) is 0 Å². The van der Waals surface area contributed by atoms with Crippen molar-refractivity contribution in [1.29, 1.82) is 0 Å². The van der Waals surface area contributed by atoms with E-state index in [4.69, 9.17) is 0 Å². The van der Waals surface area contributed by atoms with Gasteiger partial charge in [-0.15, -0.1) is 0 Å². The summed E-state index contributed by atoms with van der Waals surface area (Å²) in [7, 11) is 0. The molecule has 132 valence electrons. The van der Waals surface area contributed by atoms with E-state index in [1.807, 2.05) is 0 Å². The number of carbonyl (C=O) groups excluding carboxylic acids is 1. The van der Waals surface area contributed by atoms with Crippen LogP contribution in [-0.2, 0) is 13.1 Å². The highest BCUT2D eigenvalue weighted by Crippen LogP contribution is 2.12. The van der Waals surface area contributed by atoms with Crippen molar-refractivity contribution in [3.63, 3.8) is 0 Å². The summed E-state index contributed by atoms with van der Waals surface area (Å²) in [4.78, 5) is 16.3. The molecule has 1 aromatic heterocycles. The van der Waals surface area contributed by atoms with E-state index >= 15 is 0 Å². The number of nitrogens with zero attached hydrogens (tertiary/aromatic N) is 1. The van der Waals surface area contributed by atoms with Crippen molar-refractivity contribution >= 4 is 11.6 Å². The predicted molar refractivity (Wildman–Crippen MR) is 95.5 cm³/mol. The van der Waals surface area contributed by atoms with Crippen molar-refractivity contribution in [1.82, 2.24) is 10.3 Å². The summed E-state index contributed by atoms with van der Waals surface area (Å²) in [6.07, 6.45) is 1.52. The average Bonchev–Trinajstić information content (AvgIpc) is 2.67. The SMILES string of the molecule is O=C(NCc1ccccc1F)c1cc(NCc2ccc(F)cc2)ccn1. The number of anilines is 1. The van der Waals surface area contributed by atoms with Crippen LogP contribution in [0.5, 0.6) is 0 Å². The fraction of sp³-hybridized carbons (Fsp3) is 0.100. The van der Waals surface area contributed by atoms with Crippen LogP contribution in [0, 0.1) is 11.6 Å². The number of rotatable bonds is 6. The molecule has 0 aliphatic heterocycles. The first-order valence-corrected chi connectivity index (χ1v) is 8.08. The summed E-state index contributed by atoms with van der Waals surface area (Å²) in [5.74, 6) is -1.04. The Morgan fingerprint density at radius 1 is 0.962 bits per heavy atom. The molecule has 4 nitrogen and oxygen atoms in total. The molecule has 0 aliphatic rings. The number of carbonyl (C=O) groups is 1. The van der Waals surface area contributed by atoms with Crippen LogP contribution < -0.4 is 10.6 Å². The molecule has 0 unspecified atom stereocenters. The van der Waals surface area contributed by atoms with Crippen LogP contribution in [-0.4, -0.2) is 10.9 Å². The number of pyridine rings is 1. The van der Waals surface area contributed by atoms with Gasteiger partial charge in [0.25, 0.3) is 5.91 Å². The zero-order chi connectivity index (χ0) is 18.4. The van der Waals surface area contributed by atoms with Gasteiger partial charge in [0.15, 0.2) is 0 Å². The van der Waals surface area contributed by atoms with Crippen LogP contribution in [0.1, 0.15) is 21.6 Å². The Kier molecular flexibility index (Phi) is 5.53. The maximum Gasteiger partial charge on any atom is 0.270 e. The second kappa shape index (κ2) is 8.20. The molecular weight excluding hydrogens is 336 g/mol. The third kappa shape index (κ3) is 4.63. The lowest BCUT2D eigenvalue weighted by atomic mass is 10.2. The molecule has 1 heterocycles. The first-order valence-electron chi connectivity index (χ1n) is 8.08. The van der Waals surface area contributed by atoms with Crippen LogP contribution in [0.25, 0.3) is 0 Å². The highest BCUT2D eigenvalue weighted by atomic mass is 19.1. The van der Waals surface area contributed by atoms with Crippen LogP contribution in [0.15, 0.2) is 66.9 Å². The van der Waals surface area contributed by atoms with Gasteiger partial charge in [-0.1, -0.05) is 30.3 Å². The average molecular weight is 353 g/mol. The van der Waals surface area contributed by atoms with Crippen LogP contribution in [0.3, 0.4) is 0 Å². The molecular formula is C20H17F2N3O. The zero-order valence-corrected chi connectivity index (χ0v) is 13.9. The highest BCUT2D eigenvalue weighted by molar-refractivity contribution is 5.93. The van der Waals surface area contributed by atoms with Crippen LogP contribution in [0.4, 0.5) is 14.5 Å². The lowest BCUT2D eigenvalue weighted by Gasteiger charge is -2.09. The summed E-state index contributed by atoms with van der Waals surface area (Å²) in [5, 5.41) is 5.81. The molecule has 26 heavy (non-hydrogen) atoms. The minimum atomic E-state index is -0.390. The predicted octanol–water partition coefficient (Wildman–Crippen LogP) is 3.90. The molecule has 0 bridgehead atoms. The number of hydrogen-bond acceptors (Lipinski definition) is 3. The molecule has 0 saturated heterocycles. The van der Waals surface area contributed by atoms with Gasteiger partial charge >= 0.3 is 0 Å². The molecule has 3 rings (SSSR count). The number of aromatic nitrogens is 1. The molecule has 3 aromatic rings. The summed E-state index contributed by atoms with van der Waals surface area (Å²) in [5.41, 5.74) is 2.26. The maximum atomic E-state index is 13.6. The Bertz CT molecular complexity index is 898. The quantitative estimate of drug-likeness (QED) is 0.707. The Morgan fingerprint density at radius 3 is 2.50 bits per heavy atom. The first-order chi connectivity index (χ1) is 12.6. The minimum absolute atomic E-state index is 0.0838. The first kappa shape index (κ1) is 17.5. The Hall–Kier alpha value is -3.28.